The van der Waals surface area contributed by atoms with E-state index >= 15 is 0 Å². The molecule has 0 aliphatic rings. The summed E-state index contributed by atoms with van der Waals surface area (Å²) in [6, 6.07) is 9.79. The molecule has 0 radical (unpaired) electrons. The van der Waals surface area contributed by atoms with Crippen molar-refractivity contribution in [3.05, 3.63) is 85.5 Å². The number of carbonyl (C=O) groups is 1. The predicted molar refractivity (Wildman–Crippen MR) is 120 cm³/mol. The highest BCUT2D eigenvalue weighted by Gasteiger charge is 2.21. The fourth-order valence-electron chi connectivity index (χ4n) is 3.02. The van der Waals surface area contributed by atoms with E-state index in [9.17, 15) is 19.7 Å². The van der Waals surface area contributed by atoms with Crippen molar-refractivity contribution in [1.82, 2.24) is 19.7 Å². The molecule has 3 aromatic heterocycles. The molecular formula is C21H17ClN6O5. The predicted octanol–water partition coefficient (Wildman–Crippen LogP) is 4.15. The third-order valence-corrected chi connectivity index (χ3v) is 5.00. The van der Waals surface area contributed by atoms with Gasteiger partial charge in [-0.15, -0.1) is 0 Å². The normalized spacial score (nSPS) is 11.0. The first-order valence-corrected chi connectivity index (χ1v) is 10.1. The largest absolute Gasteiger partial charge is 0.463 e. The molecule has 1 aromatic carbocycles. The minimum atomic E-state index is -0.710. The van der Waals surface area contributed by atoms with Crippen LogP contribution in [0.5, 0.6) is 0 Å². The van der Waals surface area contributed by atoms with E-state index < -0.39 is 16.4 Å². The van der Waals surface area contributed by atoms with Crippen molar-refractivity contribution in [3.8, 4) is 17.4 Å². The molecule has 0 unspecified atom stereocenters. The summed E-state index contributed by atoms with van der Waals surface area (Å²) in [4.78, 5) is 42.7. The molecule has 168 valence electrons. The Labute approximate surface area is 191 Å². The number of nitrogens with zero attached hydrogens (tertiary/aromatic N) is 4. The maximum atomic E-state index is 13.0. The lowest BCUT2D eigenvalue weighted by molar-refractivity contribution is -0.384. The number of amides is 1. The van der Waals surface area contributed by atoms with Crippen molar-refractivity contribution < 1.29 is 14.1 Å². The van der Waals surface area contributed by atoms with Gasteiger partial charge in [0.05, 0.1) is 27.5 Å². The molecule has 33 heavy (non-hydrogen) atoms. The maximum absolute atomic E-state index is 13.0. The molecule has 0 bridgehead atoms. The molecule has 4 rings (SSSR count). The first kappa shape index (κ1) is 22.0. The van der Waals surface area contributed by atoms with Gasteiger partial charge in [-0.3, -0.25) is 24.7 Å². The quantitative estimate of drug-likeness (QED) is 0.318. The number of H-pyrrole nitrogens is 1. The van der Waals surface area contributed by atoms with Crippen LogP contribution in [0.1, 0.15) is 35.8 Å². The van der Waals surface area contributed by atoms with Crippen molar-refractivity contribution in [2.24, 2.45) is 0 Å². The number of rotatable bonds is 6. The number of hydrogen-bond donors (Lipinski definition) is 2. The number of carbonyl (C=O) groups excluding carboxylic acids is 1. The van der Waals surface area contributed by atoms with E-state index in [1.807, 2.05) is 13.8 Å². The Morgan fingerprint density at radius 3 is 2.73 bits per heavy atom. The van der Waals surface area contributed by atoms with Crippen molar-refractivity contribution in [2.45, 2.75) is 19.8 Å². The molecular weight excluding hydrogens is 452 g/mol. The Kier molecular flexibility index (Phi) is 5.80. The number of aromatic amines is 1. The number of furan rings is 1. The maximum Gasteiger partial charge on any atom is 0.270 e. The van der Waals surface area contributed by atoms with Crippen molar-refractivity contribution in [2.75, 3.05) is 5.32 Å². The molecule has 0 aliphatic heterocycles. The zero-order valence-electron chi connectivity index (χ0n) is 17.4. The van der Waals surface area contributed by atoms with Crippen LogP contribution in [0.15, 0.2) is 57.9 Å². The molecule has 0 aliphatic carbocycles. The van der Waals surface area contributed by atoms with E-state index in [1.54, 1.807) is 12.1 Å². The van der Waals surface area contributed by atoms with E-state index in [2.05, 4.69) is 20.4 Å². The van der Waals surface area contributed by atoms with Crippen LogP contribution in [0.2, 0.25) is 5.02 Å². The van der Waals surface area contributed by atoms with Gasteiger partial charge in [-0.05, 0) is 24.1 Å². The summed E-state index contributed by atoms with van der Waals surface area (Å²) < 4.78 is 6.63. The van der Waals surface area contributed by atoms with Crippen molar-refractivity contribution >= 4 is 29.0 Å². The SMILES string of the molecule is CC(C)c1cc(=O)[nH]c(-n2nc(-c3ccco3)cc2NC(=O)c2cc([N+](=O)[O-])ccc2Cl)n1. The van der Waals surface area contributed by atoms with Gasteiger partial charge in [0.1, 0.15) is 11.5 Å². The molecule has 0 saturated heterocycles. The van der Waals surface area contributed by atoms with E-state index in [1.165, 1.54) is 35.2 Å². The van der Waals surface area contributed by atoms with Crippen LogP contribution >= 0.6 is 11.6 Å². The minimum absolute atomic E-state index is 0.0313. The van der Waals surface area contributed by atoms with Crippen molar-refractivity contribution in [1.29, 1.82) is 0 Å². The van der Waals surface area contributed by atoms with Gasteiger partial charge in [0.25, 0.3) is 17.2 Å². The average Bonchev–Trinajstić information content (AvgIpc) is 3.43. The summed E-state index contributed by atoms with van der Waals surface area (Å²) in [7, 11) is 0. The first-order chi connectivity index (χ1) is 15.7. The number of non-ortho nitro benzene ring substituents is 1. The van der Waals surface area contributed by atoms with Gasteiger partial charge in [0.15, 0.2) is 5.76 Å². The van der Waals surface area contributed by atoms with Crippen LogP contribution in [0, 0.1) is 10.1 Å². The molecule has 0 fully saturated rings. The number of aromatic nitrogens is 4. The summed E-state index contributed by atoms with van der Waals surface area (Å²) in [5, 5.41) is 18.2. The van der Waals surface area contributed by atoms with Gasteiger partial charge in [-0.1, -0.05) is 25.4 Å². The zero-order valence-corrected chi connectivity index (χ0v) is 18.2. The minimum Gasteiger partial charge on any atom is -0.463 e. The zero-order chi connectivity index (χ0) is 23.7. The lowest BCUT2D eigenvalue weighted by atomic mass is 10.1. The van der Waals surface area contributed by atoms with Crippen LogP contribution < -0.4 is 10.9 Å². The lowest BCUT2D eigenvalue weighted by Crippen LogP contribution is -2.20. The van der Waals surface area contributed by atoms with Crippen LogP contribution in [0.4, 0.5) is 11.5 Å². The van der Waals surface area contributed by atoms with Crippen LogP contribution in [-0.2, 0) is 0 Å². The number of nitro groups is 1. The third kappa shape index (κ3) is 4.53. The number of anilines is 1. The van der Waals surface area contributed by atoms with Crippen LogP contribution in [0.3, 0.4) is 0 Å². The molecule has 11 nitrogen and oxygen atoms in total. The van der Waals surface area contributed by atoms with Crippen LogP contribution in [0.25, 0.3) is 17.4 Å². The fourth-order valence-corrected chi connectivity index (χ4v) is 3.22. The molecule has 12 heteroatoms. The Bertz CT molecular complexity index is 1410. The van der Waals surface area contributed by atoms with Gasteiger partial charge in [0.2, 0.25) is 5.95 Å². The van der Waals surface area contributed by atoms with E-state index in [0.29, 0.717) is 17.1 Å². The second kappa shape index (κ2) is 8.71. The third-order valence-electron chi connectivity index (χ3n) is 4.67. The number of nitro benzene ring substituents is 1. The van der Waals surface area contributed by atoms with Gasteiger partial charge < -0.3 is 9.73 Å². The molecule has 2 N–H and O–H groups in total. The second-order valence-electron chi connectivity index (χ2n) is 7.33. The topological polar surface area (TPSA) is 149 Å². The Hall–Kier alpha value is -4.25. The molecule has 1 amide bonds. The standard InChI is InChI=1S/C21H17ClN6O5/c1-11(2)15-10-19(29)25-21(23-15)27-18(9-16(26-27)17-4-3-7-33-17)24-20(30)13-8-12(28(31)32)5-6-14(13)22/h3-11H,1-2H3,(H,24,30)(H,23,25,29). The highest BCUT2D eigenvalue weighted by atomic mass is 35.5. The summed E-state index contributed by atoms with van der Waals surface area (Å²) in [5.74, 6) is -0.117. The summed E-state index contributed by atoms with van der Waals surface area (Å²) >= 11 is 6.10. The lowest BCUT2D eigenvalue weighted by Gasteiger charge is -2.11. The molecule has 0 spiro atoms. The van der Waals surface area contributed by atoms with Gasteiger partial charge in [-0.2, -0.15) is 9.78 Å². The first-order valence-electron chi connectivity index (χ1n) is 9.74. The van der Waals surface area contributed by atoms with Gasteiger partial charge >= 0.3 is 0 Å². The number of nitrogens with one attached hydrogen (secondary N) is 2. The highest BCUT2D eigenvalue weighted by molar-refractivity contribution is 6.34. The summed E-state index contributed by atoms with van der Waals surface area (Å²) in [6.45, 7) is 3.77. The number of halogens is 1. The summed E-state index contributed by atoms with van der Waals surface area (Å²) in [5.41, 5.74) is 0.110. The average molecular weight is 469 g/mol. The second-order valence-corrected chi connectivity index (χ2v) is 7.74. The van der Waals surface area contributed by atoms with Crippen LogP contribution in [-0.4, -0.2) is 30.6 Å². The van der Waals surface area contributed by atoms with E-state index in [-0.39, 0.29) is 34.0 Å². The van der Waals surface area contributed by atoms with Crippen molar-refractivity contribution in [3.63, 3.8) is 0 Å². The molecule has 0 atom stereocenters. The monoisotopic (exact) mass is 468 g/mol. The Balaban J connectivity index is 1.80. The number of benzene rings is 1. The van der Waals surface area contributed by atoms with Gasteiger partial charge in [0, 0.05) is 24.3 Å². The Morgan fingerprint density at radius 2 is 2.06 bits per heavy atom. The Morgan fingerprint density at radius 1 is 1.27 bits per heavy atom. The van der Waals surface area contributed by atoms with E-state index in [0.717, 1.165) is 6.07 Å². The van der Waals surface area contributed by atoms with Gasteiger partial charge in [-0.25, -0.2) is 4.98 Å². The van der Waals surface area contributed by atoms with E-state index in [4.69, 9.17) is 16.0 Å². The highest BCUT2D eigenvalue weighted by Crippen LogP contribution is 2.27. The fraction of sp³-hybridized carbons (Fsp3) is 0.143. The number of hydrogen-bond acceptors (Lipinski definition) is 7. The molecule has 0 saturated carbocycles. The molecule has 4 aromatic rings. The summed E-state index contributed by atoms with van der Waals surface area (Å²) in [6.07, 6.45) is 1.47. The smallest absolute Gasteiger partial charge is 0.270 e. The molecule has 3 heterocycles.